The smallest absolute Gasteiger partial charge is 0.368 e. The minimum absolute atomic E-state index is 0.102. The molecular formula is C23H22F3N5O4. The molecule has 3 amide bonds. The molecule has 0 spiro atoms. The van der Waals surface area contributed by atoms with Crippen molar-refractivity contribution in [1.82, 2.24) is 25.1 Å². The predicted molar refractivity (Wildman–Crippen MR) is 117 cm³/mol. The van der Waals surface area contributed by atoms with Gasteiger partial charge in [-0.2, -0.15) is 13.2 Å². The van der Waals surface area contributed by atoms with Crippen LogP contribution in [0.25, 0.3) is 5.65 Å². The number of halogens is 3. The first-order chi connectivity index (χ1) is 16.6. The molecule has 35 heavy (non-hydrogen) atoms. The third kappa shape index (κ3) is 5.27. The van der Waals surface area contributed by atoms with Crippen LogP contribution < -0.4 is 10.9 Å². The van der Waals surface area contributed by atoms with E-state index in [-0.39, 0.29) is 24.3 Å². The SMILES string of the molecule is CN(C(=O)c1cccc(C(F)(F)F)c1)[C@@H]1CCO[C@H](C(=O)NNC(=O)c2cnc3ccccn23)C1. The zero-order valence-corrected chi connectivity index (χ0v) is 18.6. The molecule has 9 nitrogen and oxygen atoms in total. The number of amides is 3. The number of fused-ring (bicyclic) bond motifs is 1. The standard InChI is InChI=1S/C23H22F3N5O4/c1-30(22(34)14-5-4-6-15(11-14)23(24,25)26)16-8-10-35-18(12-16)21(33)29-28-20(32)17-13-27-19-7-2-3-9-31(17)19/h2-7,9,11,13,16,18H,8,10,12H2,1H3,(H,28,32)(H,29,33)/t16-,18+/m1/s1. The Bertz CT molecular complexity index is 1260. The summed E-state index contributed by atoms with van der Waals surface area (Å²) in [6, 6.07) is 8.97. The van der Waals surface area contributed by atoms with Crippen LogP contribution in [0.4, 0.5) is 13.2 Å². The summed E-state index contributed by atoms with van der Waals surface area (Å²) < 4.78 is 46.1. The highest BCUT2D eigenvalue weighted by molar-refractivity contribution is 5.95. The van der Waals surface area contributed by atoms with Gasteiger partial charge in [-0.05, 0) is 36.8 Å². The number of aromatic nitrogens is 2. The first kappa shape index (κ1) is 24.2. The van der Waals surface area contributed by atoms with E-state index in [2.05, 4.69) is 15.8 Å². The quantitative estimate of drug-likeness (QED) is 0.548. The number of imidazole rings is 1. The lowest BCUT2D eigenvalue weighted by atomic mass is 10.00. The Morgan fingerprint density at radius 1 is 1.14 bits per heavy atom. The molecule has 3 aromatic rings. The van der Waals surface area contributed by atoms with Crippen LogP contribution in [0.5, 0.6) is 0 Å². The average molecular weight is 489 g/mol. The number of benzene rings is 1. The van der Waals surface area contributed by atoms with Crippen molar-refractivity contribution in [2.75, 3.05) is 13.7 Å². The minimum atomic E-state index is -4.57. The van der Waals surface area contributed by atoms with E-state index < -0.39 is 41.6 Å². The van der Waals surface area contributed by atoms with Crippen molar-refractivity contribution in [2.24, 2.45) is 0 Å². The summed E-state index contributed by atoms with van der Waals surface area (Å²) in [5, 5.41) is 0. The number of hydrogen-bond donors (Lipinski definition) is 2. The van der Waals surface area contributed by atoms with Gasteiger partial charge in [-0.1, -0.05) is 12.1 Å². The first-order valence-electron chi connectivity index (χ1n) is 10.7. The lowest BCUT2D eigenvalue weighted by Gasteiger charge is -2.35. The van der Waals surface area contributed by atoms with E-state index in [9.17, 15) is 27.6 Å². The number of ether oxygens (including phenoxy) is 1. The summed E-state index contributed by atoms with van der Waals surface area (Å²) in [5.74, 6) is -1.79. The van der Waals surface area contributed by atoms with Crippen LogP contribution in [0.1, 0.15) is 39.3 Å². The topological polar surface area (TPSA) is 105 Å². The Balaban J connectivity index is 1.36. The molecule has 2 aromatic heterocycles. The van der Waals surface area contributed by atoms with Crippen molar-refractivity contribution in [3.8, 4) is 0 Å². The number of carbonyl (C=O) groups is 3. The Labute approximate surface area is 197 Å². The van der Waals surface area contributed by atoms with Crippen LogP contribution in [-0.2, 0) is 15.7 Å². The van der Waals surface area contributed by atoms with Gasteiger partial charge in [-0.25, -0.2) is 4.98 Å². The molecule has 3 heterocycles. The van der Waals surface area contributed by atoms with Gasteiger partial charge in [0.05, 0.1) is 11.8 Å². The van der Waals surface area contributed by atoms with Gasteiger partial charge in [-0.15, -0.1) is 0 Å². The molecule has 2 N–H and O–H groups in total. The number of hydrazine groups is 1. The Morgan fingerprint density at radius 3 is 2.71 bits per heavy atom. The predicted octanol–water partition coefficient (Wildman–Crippen LogP) is 2.43. The Hall–Kier alpha value is -3.93. The van der Waals surface area contributed by atoms with Crippen molar-refractivity contribution < 1.29 is 32.3 Å². The number of nitrogens with one attached hydrogen (secondary N) is 2. The van der Waals surface area contributed by atoms with Gasteiger partial charge in [-0.3, -0.25) is 29.6 Å². The number of hydrogen-bond acceptors (Lipinski definition) is 5. The largest absolute Gasteiger partial charge is 0.416 e. The second-order valence-corrected chi connectivity index (χ2v) is 8.05. The number of nitrogens with zero attached hydrogens (tertiary/aromatic N) is 3. The summed E-state index contributed by atoms with van der Waals surface area (Å²) >= 11 is 0. The van der Waals surface area contributed by atoms with E-state index in [4.69, 9.17) is 4.74 Å². The third-order valence-corrected chi connectivity index (χ3v) is 5.80. The van der Waals surface area contributed by atoms with Gasteiger partial charge < -0.3 is 9.64 Å². The van der Waals surface area contributed by atoms with Gasteiger partial charge in [0, 0.05) is 37.9 Å². The molecule has 1 fully saturated rings. The van der Waals surface area contributed by atoms with Crippen LogP contribution in [-0.4, -0.2) is 57.8 Å². The molecule has 2 atom stereocenters. The Morgan fingerprint density at radius 2 is 1.94 bits per heavy atom. The summed E-state index contributed by atoms with van der Waals surface area (Å²) in [6.07, 6.45) is -1.99. The number of carbonyl (C=O) groups excluding carboxylic acids is 3. The zero-order valence-electron chi connectivity index (χ0n) is 18.6. The van der Waals surface area contributed by atoms with E-state index >= 15 is 0 Å². The highest BCUT2D eigenvalue weighted by Gasteiger charge is 2.34. The number of alkyl halides is 3. The van der Waals surface area contributed by atoms with Crippen LogP contribution in [0, 0.1) is 0 Å². The monoisotopic (exact) mass is 489 g/mol. The number of rotatable bonds is 4. The maximum atomic E-state index is 13.0. The molecule has 0 unspecified atom stereocenters. The fraction of sp³-hybridized carbons (Fsp3) is 0.304. The van der Waals surface area contributed by atoms with Gasteiger partial charge in [0.15, 0.2) is 0 Å². The molecule has 0 radical (unpaired) electrons. The summed E-state index contributed by atoms with van der Waals surface area (Å²) in [6.45, 7) is 0.157. The van der Waals surface area contributed by atoms with E-state index in [0.29, 0.717) is 12.1 Å². The van der Waals surface area contributed by atoms with Crippen molar-refractivity contribution in [3.63, 3.8) is 0 Å². The summed E-state index contributed by atoms with van der Waals surface area (Å²) in [4.78, 5) is 43.3. The molecule has 1 aliphatic heterocycles. The lowest BCUT2D eigenvalue weighted by Crippen LogP contribution is -2.52. The maximum Gasteiger partial charge on any atom is 0.416 e. The van der Waals surface area contributed by atoms with Crippen molar-refractivity contribution >= 4 is 23.4 Å². The highest BCUT2D eigenvalue weighted by atomic mass is 19.4. The van der Waals surface area contributed by atoms with Gasteiger partial charge in [0.1, 0.15) is 17.4 Å². The molecule has 1 aliphatic rings. The summed E-state index contributed by atoms with van der Waals surface area (Å²) in [7, 11) is 1.47. The molecule has 0 bridgehead atoms. The van der Waals surface area contributed by atoms with E-state index in [1.54, 1.807) is 28.8 Å². The van der Waals surface area contributed by atoms with E-state index in [1.807, 2.05) is 0 Å². The third-order valence-electron chi connectivity index (χ3n) is 5.80. The maximum absolute atomic E-state index is 13.0. The first-order valence-corrected chi connectivity index (χ1v) is 10.7. The second-order valence-electron chi connectivity index (χ2n) is 8.05. The Kier molecular flexibility index (Phi) is 6.74. The van der Waals surface area contributed by atoms with Gasteiger partial charge in [0.2, 0.25) is 0 Å². The zero-order chi connectivity index (χ0) is 25.2. The average Bonchev–Trinajstić information content (AvgIpc) is 3.30. The molecular weight excluding hydrogens is 467 g/mol. The van der Waals surface area contributed by atoms with Gasteiger partial charge >= 0.3 is 6.18 Å². The second kappa shape index (κ2) is 9.74. The molecule has 4 rings (SSSR count). The fourth-order valence-corrected chi connectivity index (χ4v) is 3.88. The molecule has 184 valence electrons. The van der Waals surface area contributed by atoms with Crippen LogP contribution in [0.3, 0.4) is 0 Å². The lowest BCUT2D eigenvalue weighted by molar-refractivity contribution is -0.138. The molecule has 0 saturated carbocycles. The van der Waals surface area contributed by atoms with E-state index in [1.165, 1.54) is 30.3 Å². The molecule has 12 heteroatoms. The van der Waals surface area contributed by atoms with E-state index in [0.717, 1.165) is 12.1 Å². The van der Waals surface area contributed by atoms with Crippen LogP contribution >= 0.6 is 0 Å². The van der Waals surface area contributed by atoms with Crippen LogP contribution in [0.15, 0.2) is 54.9 Å². The van der Waals surface area contributed by atoms with Crippen molar-refractivity contribution in [1.29, 1.82) is 0 Å². The molecule has 1 saturated heterocycles. The normalized spacial score (nSPS) is 18.2. The van der Waals surface area contributed by atoms with Crippen molar-refractivity contribution in [3.05, 3.63) is 71.7 Å². The number of pyridine rings is 1. The molecule has 0 aliphatic carbocycles. The fourth-order valence-electron chi connectivity index (χ4n) is 3.88. The van der Waals surface area contributed by atoms with Crippen molar-refractivity contribution in [2.45, 2.75) is 31.2 Å². The van der Waals surface area contributed by atoms with Crippen LogP contribution in [0.2, 0.25) is 0 Å². The molecule has 1 aromatic carbocycles. The minimum Gasteiger partial charge on any atom is -0.368 e. The summed E-state index contributed by atoms with van der Waals surface area (Å²) in [5.41, 5.74) is 4.40. The van der Waals surface area contributed by atoms with Gasteiger partial charge in [0.25, 0.3) is 17.7 Å². The highest BCUT2D eigenvalue weighted by Crippen LogP contribution is 2.30.